The Kier molecular flexibility index (Phi) is 6.73. The summed E-state index contributed by atoms with van der Waals surface area (Å²) in [6, 6.07) is 7.54. The quantitative estimate of drug-likeness (QED) is 0.750. The van der Waals surface area contributed by atoms with Crippen LogP contribution >= 0.6 is 0 Å². The van der Waals surface area contributed by atoms with E-state index in [0.29, 0.717) is 18.4 Å². The molecule has 1 saturated carbocycles. The zero-order chi connectivity index (χ0) is 20.1. The van der Waals surface area contributed by atoms with Gasteiger partial charge in [-0.3, -0.25) is 9.59 Å². The van der Waals surface area contributed by atoms with Crippen molar-refractivity contribution in [3.8, 4) is 5.75 Å². The van der Waals surface area contributed by atoms with Crippen LogP contribution in [0.2, 0.25) is 0 Å². The number of nitrogens with zero attached hydrogens (tertiary/aromatic N) is 2. The monoisotopic (exact) mass is 398 g/mol. The van der Waals surface area contributed by atoms with Crippen LogP contribution in [0, 0.1) is 11.8 Å². The molecule has 5 nitrogen and oxygen atoms in total. The van der Waals surface area contributed by atoms with E-state index in [-0.39, 0.29) is 11.8 Å². The van der Waals surface area contributed by atoms with Crippen LogP contribution in [0.4, 0.5) is 0 Å². The highest BCUT2D eigenvalue weighted by Gasteiger charge is 2.30. The van der Waals surface area contributed by atoms with Crippen molar-refractivity contribution in [1.29, 1.82) is 0 Å². The van der Waals surface area contributed by atoms with Crippen LogP contribution in [-0.2, 0) is 4.79 Å². The van der Waals surface area contributed by atoms with Gasteiger partial charge in [-0.2, -0.15) is 0 Å². The summed E-state index contributed by atoms with van der Waals surface area (Å²) in [5.41, 5.74) is 0.737. The first kappa shape index (κ1) is 20.2. The Bertz CT molecular complexity index is 691. The van der Waals surface area contributed by atoms with Gasteiger partial charge in [0, 0.05) is 43.6 Å². The largest absolute Gasteiger partial charge is 0.493 e. The lowest BCUT2D eigenvalue weighted by molar-refractivity contribution is -0.138. The molecule has 0 aromatic heterocycles. The molecule has 0 radical (unpaired) electrons. The standard InChI is InChI=1S/C24H34N2O3/c27-23(25-14-4-5-15-25)21-10-12-22(13-11-21)29-18-19-7-6-16-26(17-19)24(28)20-8-2-1-3-9-20/h10-13,19-20H,1-9,14-18H2. The summed E-state index contributed by atoms with van der Waals surface area (Å²) in [6.45, 7) is 4.09. The zero-order valence-electron chi connectivity index (χ0n) is 17.5. The van der Waals surface area contributed by atoms with Gasteiger partial charge in [0.15, 0.2) is 0 Å². The molecule has 2 aliphatic heterocycles. The SMILES string of the molecule is O=C(c1ccc(OCC2CCCN(C(=O)C3CCCCC3)C2)cc1)N1CCCC1. The molecule has 1 unspecified atom stereocenters. The molecule has 2 amide bonds. The van der Waals surface area contributed by atoms with Crippen molar-refractivity contribution >= 4 is 11.8 Å². The number of hydrogen-bond donors (Lipinski definition) is 0. The van der Waals surface area contributed by atoms with Crippen molar-refractivity contribution in [1.82, 2.24) is 9.80 Å². The van der Waals surface area contributed by atoms with Crippen LogP contribution in [0.25, 0.3) is 0 Å². The molecule has 29 heavy (non-hydrogen) atoms. The molecule has 0 spiro atoms. The first-order chi connectivity index (χ1) is 14.2. The molecule has 0 bridgehead atoms. The van der Waals surface area contributed by atoms with Gasteiger partial charge in [0.2, 0.25) is 5.91 Å². The Morgan fingerprint density at radius 1 is 0.828 bits per heavy atom. The predicted octanol–water partition coefficient (Wildman–Crippen LogP) is 4.12. The lowest BCUT2D eigenvalue weighted by atomic mass is 9.87. The van der Waals surface area contributed by atoms with Crippen LogP contribution in [0.1, 0.15) is 68.1 Å². The molecule has 1 aromatic rings. The molecule has 5 heteroatoms. The van der Waals surface area contributed by atoms with Crippen LogP contribution in [0.3, 0.4) is 0 Å². The van der Waals surface area contributed by atoms with Crippen LogP contribution < -0.4 is 4.74 Å². The van der Waals surface area contributed by atoms with Gasteiger partial charge in [0.25, 0.3) is 5.91 Å². The highest BCUT2D eigenvalue weighted by Crippen LogP contribution is 2.28. The van der Waals surface area contributed by atoms with Crippen molar-refractivity contribution in [2.75, 3.05) is 32.8 Å². The third-order valence-corrected chi connectivity index (χ3v) is 6.77. The van der Waals surface area contributed by atoms with Gasteiger partial charge in [-0.05, 0) is 62.8 Å². The summed E-state index contributed by atoms with van der Waals surface area (Å²) < 4.78 is 6.02. The fourth-order valence-corrected chi connectivity index (χ4v) is 5.02. The van der Waals surface area contributed by atoms with E-state index in [1.54, 1.807) is 0 Å². The Morgan fingerprint density at radius 3 is 2.24 bits per heavy atom. The van der Waals surface area contributed by atoms with E-state index in [9.17, 15) is 9.59 Å². The van der Waals surface area contributed by atoms with Gasteiger partial charge >= 0.3 is 0 Å². The average molecular weight is 399 g/mol. The number of rotatable bonds is 5. The number of carbonyl (C=O) groups excluding carboxylic acids is 2. The van der Waals surface area contributed by atoms with Gasteiger partial charge in [-0.15, -0.1) is 0 Å². The summed E-state index contributed by atoms with van der Waals surface area (Å²) in [5.74, 6) is 1.95. The van der Waals surface area contributed by atoms with E-state index in [1.165, 1.54) is 19.3 Å². The summed E-state index contributed by atoms with van der Waals surface area (Å²) in [7, 11) is 0. The van der Waals surface area contributed by atoms with Gasteiger partial charge in [-0.25, -0.2) is 0 Å². The van der Waals surface area contributed by atoms with E-state index >= 15 is 0 Å². The van der Waals surface area contributed by atoms with Crippen LogP contribution in [0.5, 0.6) is 5.75 Å². The molecule has 1 aromatic carbocycles. The smallest absolute Gasteiger partial charge is 0.253 e. The number of piperidine rings is 1. The number of hydrogen-bond acceptors (Lipinski definition) is 3. The van der Waals surface area contributed by atoms with Crippen LogP contribution in [-0.4, -0.2) is 54.4 Å². The number of ether oxygens (including phenoxy) is 1. The van der Waals surface area contributed by atoms with Crippen molar-refractivity contribution in [3.05, 3.63) is 29.8 Å². The summed E-state index contributed by atoms with van der Waals surface area (Å²) in [5, 5.41) is 0. The van der Waals surface area contributed by atoms with Crippen molar-refractivity contribution in [2.45, 2.75) is 57.8 Å². The second kappa shape index (κ2) is 9.64. The highest BCUT2D eigenvalue weighted by molar-refractivity contribution is 5.94. The maximum absolute atomic E-state index is 12.8. The predicted molar refractivity (Wildman–Crippen MR) is 113 cm³/mol. The third-order valence-electron chi connectivity index (χ3n) is 6.77. The van der Waals surface area contributed by atoms with Gasteiger partial charge in [0.1, 0.15) is 5.75 Å². The second-order valence-corrected chi connectivity index (χ2v) is 8.96. The zero-order valence-corrected chi connectivity index (χ0v) is 17.5. The van der Waals surface area contributed by atoms with E-state index in [1.807, 2.05) is 29.2 Å². The van der Waals surface area contributed by atoms with Gasteiger partial charge in [0.05, 0.1) is 6.61 Å². The summed E-state index contributed by atoms with van der Waals surface area (Å²) in [6.07, 6.45) is 10.2. The van der Waals surface area contributed by atoms with Gasteiger partial charge in [-0.1, -0.05) is 19.3 Å². The minimum absolute atomic E-state index is 0.123. The van der Waals surface area contributed by atoms with E-state index in [2.05, 4.69) is 4.90 Å². The minimum Gasteiger partial charge on any atom is -0.493 e. The first-order valence-electron chi connectivity index (χ1n) is 11.5. The van der Waals surface area contributed by atoms with Crippen LogP contribution in [0.15, 0.2) is 24.3 Å². The fourth-order valence-electron chi connectivity index (χ4n) is 5.02. The molecule has 2 saturated heterocycles. The average Bonchev–Trinajstić information content (AvgIpc) is 3.33. The molecule has 1 atom stereocenters. The first-order valence-corrected chi connectivity index (χ1v) is 11.5. The molecular weight excluding hydrogens is 364 g/mol. The summed E-state index contributed by atoms with van der Waals surface area (Å²) >= 11 is 0. The maximum Gasteiger partial charge on any atom is 0.253 e. The molecule has 4 rings (SSSR count). The topological polar surface area (TPSA) is 49.9 Å². The molecule has 1 aliphatic carbocycles. The van der Waals surface area contributed by atoms with Crippen molar-refractivity contribution < 1.29 is 14.3 Å². The van der Waals surface area contributed by atoms with E-state index in [0.717, 1.165) is 76.0 Å². The van der Waals surface area contributed by atoms with Crippen molar-refractivity contribution in [2.24, 2.45) is 11.8 Å². The number of benzene rings is 1. The molecule has 0 N–H and O–H groups in total. The van der Waals surface area contributed by atoms with Crippen molar-refractivity contribution in [3.63, 3.8) is 0 Å². The fraction of sp³-hybridized carbons (Fsp3) is 0.667. The highest BCUT2D eigenvalue weighted by atomic mass is 16.5. The number of likely N-dealkylation sites (tertiary alicyclic amines) is 2. The number of amides is 2. The molecule has 158 valence electrons. The number of carbonyl (C=O) groups is 2. The Balaban J connectivity index is 1.26. The molecule has 3 fully saturated rings. The Labute approximate surface area is 174 Å². The third kappa shape index (κ3) is 5.12. The molecular formula is C24H34N2O3. The lowest BCUT2D eigenvalue weighted by Crippen LogP contribution is -2.44. The maximum atomic E-state index is 12.8. The second-order valence-electron chi connectivity index (χ2n) is 8.96. The molecule has 3 aliphatic rings. The minimum atomic E-state index is 0.123. The normalized spacial score (nSPS) is 23.2. The Hall–Kier alpha value is -2.04. The van der Waals surface area contributed by atoms with E-state index < -0.39 is 0 Å². The summed E-state index contributed by atoms with van der Waals surface area (Å²) in [4.78, 5) is 29.3. The van der Waals surface area contributed by atoms with Gasteiger partial charge < -0.3 is 14.5 Å². The lowest BCUT2D eigenvalue weighted by Gasteiger charge is -2.35. The Morgan fingerprint density at radius 2 is 1.52 bits per heavy atom. The molecule has 2 heterocycles. The van der Waals surface area contributed by atoms with E-state index in [4.69, 9.17) is 4.74 Å².